The first-order valence-electron chi connectivity index (χ1n) is 8.33. The fourth-order valence-electron chi connectivity index (χ4n) is 2.33. The van der Waals surface area contributed by atoms with Gasteiger partial charge in [-0.15, -0.1) is 0 Å². The molecule has 3 nitrogen and oxygen atoms in total. The van der Waals surface area contributed by atoms with E-state index in [4.69, 9.17) is 16.3 Å². The second-order valence-corrected chi connectivity index (χ2v) is 7.23. The Morgan fingerprint density at radius 1 is 1.04 bits per heavy atom. The van der Waals surface area contributed by atoms with Crippen molar-refractivity contribution in [2.75, 3.05) is 0 Å². The first-order chi connectivity index (χ1) is 12.9. The quantitative estimate of drug-likeness (QED) is 0.352. The lowest BCUT2D eigenvalue weighted by atomic mass is 10.2. The minimum atomic E-state index is -0.863. The molecule has 0 aliphatic heterocycles. The van der Waals surface area contributed by atoms with Crippen LogP contribution in [0.25, 0.3) is 0 Å². The van der Waals surface area contributed by atoms with Crippen LogP contribution in [0.1, 0.15) is 23.7 Å². The second-order valence-electron chi connectivity index (χ2n) is 5.88. The van der Waals surface area contributed by atoms with Gasteiger partial charge in [0.05, 0.1) is 0 Å². The van der Waals surface area contributed by atoms with E-state index >= 15 is 0 Å². The van der Waals surface area contributed by atoms with E-state index in [0.717, 1.165) is 23.7 Å². The van der Waals surface area contributed by atoms with E-state index in [9.17, 15) is 8.78 Å². The smallest absolute Gasteiger partial charge is 0.223 e. The molecule has 0 saturated carbocycles. The summed E-state index contributed by atoms with van der Waals surface area (Å²) in [6.07, 6.45) is 0.720. The highest BCUT2D eigenvalue weighted by Crippen LogP contribution is 2.28. The number of ether oxygens (including phenoxy) is 1. The Kier molecular flexibility index (Phi) is 6.29. The highest BCUT2D eigenvalue weighted by molar-refractivity contribution is 7.98. The van der Waals surface area contributed by atoms with E-state index in [1.54, 1.807) is 24.3 Å². The third kappa shape index (κ3) is 5.17. The van der Waals surface area contributed by atoms with E-state index in [2.05, 4.69) is 9.97 Å². The Balaban J connectivity index is 1.78. The molecule has 27 heavy (non-hydrogen) atoms. The minimum absolute atomic E-state index is 0.420. The monoisotopic (exact) mass is 406 g/mol. The van der Waals surface area contributed by atoms with Crippen molar-refractivity contribution in [3.63, 3.8) is 0 Å². The van der Waals surface area contributed by atoms with Crippen LogP contribution in [0.2, 0.25) is 5.02 Å². The first kappa shape index (κ1) is 19.6. The third-order valence-electron chi connectivity index (χ3n) is 3.80. The molecule has 1 aromatic heterocycles. The van der Waals surface area contributed by atoms with Gasteiger partial charge in [-0.25, -0.2) is 13.8 Å². The molecule has 0 aliphatic rings. The molecule has 1 heterocycles. The number of benzene rings is 2. The lowest BCUT2D eigenvalue weighted by Crippen LogP contribution is -1.98. The summed E-state index contributed by atoms with van der Waals surface area (Å²) < 4.78 is 32.2. The van der Waals surface area contributed by atoms with Crippen LogP contribution in [0.4, 0.5) is 8.78 Å². The zero-order valence-corrected chi connectivity index (χ0v) is 16.4. The molecular weight excluding hydrogens is 390 g/mol. The van der Waals surface area contributed by atoms with Crippen LogP contribution in [0.5, 0.6) is 11.6 Å². The molecule has 0 unspecified atom stereocenters. The molecule has 0 spiro atoms. The van der Waals surface area contributed by atoms with Gasteiger partial charge in [0.2, 0.25) is 5.88 Å². The summed E-state index contributed by atoms with van der Waals surface area (Å²) in [7, 11) is 0. The molecule has 3 aromatic rings. The fraction of sp³-hybridized carbons (Fsp3) is 0.200. The predicted molar refractivity (Wildman–Crippen MR) is 104 cm³/mol. The SMILES string of the molecule is CCc1cc(Oc2ccc(Cl)c(C)c2)nc(SCc2ccc(F)c(F)c2)n1. The van der Waals surface area contributed by atoms with Crippen LogP contribution < -0.4 is 4.74 Å². The van der Waals surface area contributed by atoms with E-state index in [1.807, 2.05) is 19.9 Å². The molecular formula is C20H17ClF2N2OS. The zero-order chi connectivity index (χ0) is 19.4. The summed E-state index contributed by atoms with van der Waals surface area (Å²) in [5.41, 5.74) is 2.39. The summed E-state index contributed by atoms with van der Waals surface area (Å²) >= 11 is 7.38. The number of aromatic nitrogens is 2. The summed E-state index contributed by atoms with van der Waals surface area (Å²) in [5.74, 6) is -0.241. The van der Waals surface area contributed by atoms with E-state index in [-0.39, 0.29) is 0 Å². The Morgan fingerprint density at radius 2 is 1.85 bits per heavy atom. The molecule has 7 heteroatoms. The van der Waals surface area contributed by atoms with Crippen molar-refractivity contribution in [1.29, 1.82) is 0 Å². The number of thioether (sulfide) groups is 1. The Hall–Kier alpha value is -2.18. The van der Waals surface area contributed by atoms with Crippen molar-refractivity contribution in [3.05, 3.63) is 75.9 Å². The van der Waals surface area contributed by atoms with Crippen LogP contribution in [0.15, 0.2) is 47.6 Å². The summed E-state index contributed by atoms with van der Waals surface area (Å²) in [4.78, 5) is 8.88. The number of nitrogens with zero attached hydrogens (tertiary/aromatic N) is 2. The normalized spacial score (nSPS) is 10.9. The van der Waals surface area contributed by atoms with Gasteiger partial charge in [0.25, 0.3) is 0 Å². The molecule has 0 amide bonds. The van der Waals surface area contributed by atoms with Crippen molar-refractivity contribution in [2.45, 2.75) is 31.2 Å². The lowest BCUT2D eigenvalue weighted by Gasteiger charge is -2.09. The van der Waals surface area contributed by atoms with Crippen LogP contribution in [-0.2, 0) is 12.2 Å². The van der Waals surface area contributed by atoms with Crippen molar-refractivity contribution >= 4 is 23.4 Å². The number of aryl methyl sites for hydroxylation is 2. The largest absolute Gasteiger partial charge is 0.439 e. The van der Waals surface area contributed by atoms with E-state index in [0.29, 0.717) is 33.1 Å². The highest BCUT2D eigenvalue weighted by atomic mass is 35.5. The lowest BCUT2D eigenvalue weighted by molar-refractivity contribution is 0.453. The van der Waals surface area contributed by atoms with Crippen molar-refractivity contribution in [3.8, 4) is 11.6 Å². The van der Waals surface area contributed by atoms with Gasteiger partial charge in [-0.3, -0.25) is 0 Å². The van der Waals surface area contributed by atoms with E-state index in [1.165, 1.54) is 17.8 Å². The number of hydrogen-bond acceptors (Lipinski definition) is 4. The van der Waals surface area contributed by atoms with Gasteiger partial charge in [0, 0.05) is 22.5 Å². The molecule has 3 rings (SSSR count). The maximum absolute atomic E-state index is 13.3. The number of hydrogen-bond donors (Lipinski definition) is 0. The van der Waals surface area contributed by atoms with Crippen LogP contribution >= 0.6 is 23.4 Å². The Morgan fingerprint density at radius 3 is 2.56 bits per heavy atom. The molecule has 0 bridgehead atoms. The molecule has 0 aliphatic carbocycles. The maximum Gasteiger partial charge on any atom is 0.223 e. The Labute approximate surface area is 165 Å². The summed E-state index contributed by atoms with van der Waals surface area (Å²) in [6, 6.07) is 11.0. The fourth-order valence-corrected chi connectivity index (χ4v) is 3.26. The topological polar surface area (TPSA) is 35.0 Å². The van der Waals surface area contributed by atoms with Crippen molar-refractivity contribution in [2.24, 2.45) is 0 Å². The maximum atomic E-state index is 13.3. The Bertz CT molecular complexity index is 969. The molecule has 0 atom stereocenters. The minimum Gasteiger partial charge on any atom is -0.439 e. The molecule has 0 radical (unpaired) electrons. The predicted octanol–water partition coefficient (Wildman–Crippen LogP) is 6.36. The van der Waals surface area contributed by atoms with Crippen molar-refractivity contribution < 1.29 is 13.5 Å². The molecule has 0 saturated heterocycles. The first-order valence-corrected chi connectivity index (χ1v) is 9.69. The van der Waals surface area contributed by atoms with Gasteiger partial charge in [-0.2, -0.15) is 4.98 Å². The molecule has 0 fully saturated rings. The third-order valence-corrected chi connectivity index (χ3v) is 5.14. The van der Waals surface area contributed by atoms with Crippen molar-refractivity contribution in [1.82, 2.24) is 9.97 Å². The van der Waals surface area contributed by atoms with Gasteiger partial charge in [0.15, 0.2) is 16.8 Å². The van der Waals surface area contributed by atoms with Gasteiger partial charge in [0.1, 0.15) is 5.75 Å². The van der Waals surface area contributed by atoms with Crippen LogP contribution in [-0.4, -0.2) is 9.97 Å². The highest BCUT2D eigenvalue weighted by Gasteiger charge is 2.09. The standard InChI is InChI=1S/C20H17ClF2N2OS/c1-3-14-10-19(26-15-5-6-16(21)12(2)8-15)25-20(24-14)27-11-13-4-7-17(22)18(23)9-13/h4-10H,3,11H2,1-2H3. The van der Waals surface area contributed by atoms with Crippen LogP contribution in [0.3, 0.4) is 0 Å². The average molecular weight is 407 g/mol. The average Bonchev–Trinajstić information content (AvgIpc) is 2.65. The second kappa shape index (κ2) is 8.67. The van der Waals surface area contributed by atoms with E-state index < -0.39 is 11.6 Å². The summed E-state index contributed by atoms with van der Waals surface area (Å²) in [5, 5.41) is 1.18. The molecule has 2 aromatic carbocycles. The number of rotatable bonds is 6. The molecule has 0 N–H and O–H groups in total. The number of halogens is 3. The molecule has 140 valence electrons. The van der Waals surface area contributed by atoms with Gasteiger partial charge in [-0.05, 0) is 54.8 Å². The van der Waals surface area contributed by atoms with Gasteiger partial charge >= 0.3 is 0 Å². The van der Waals surface area contributed by atoms with Gasteiger partial charge < -0.3 is 4.74 Å². The zero-order valence-electron chi connectivity index (χ0n) is 14.8. The van der Waals surface area contributed by atoms with Crippen LogP contribution in [0, 0.1) is 18.6 Å². The summed E-state index contributed by atoms with van der Waals surface area (Å²) in [6.45, 7) is 3.89. The van der Waals surface area contributed by atoms with Gasteiger partial charge in [-0.1, -0.05) is 36.4 Å².